The van der Waals surface area contributed by atoms with Crippen molar-refractivity contribution < 1.29 is 23.1 Å². The summed E-state index contributed by atoms with van der Waals surface area (Å²) in [6, 6.07) is 12.8. The summed E-state index contributed by atoms with van der Waals surface area (Å²) in [5, 5.41) is 7.80. The van der Waals surface area contributed by atoms with Crippen LogP contribution in [0.1, 0.15) is 24.5 Å². The lowest BCUT2D eigenvalue weighted by molar-refractivity contribution is -0.148. The highest BCUT2D eigenvalue weighted by molar-refractivity contribution is 5.72. The van der Waals surface area contributed by atoms with E-state index >= 15 is 0 Å². The molecule has 134 valence electrons. The van der Waals surface area contributed by atoms with Gasteiger partial charge in [0.05, 0.1) is 13.5 Å². The number of carbonyl (C=O) groups excluding carboxylic acids is 1. The maximum absolute atomic E-state index is 13.0. The quantitative estimate of drug-likeness (QED) is 0.627. The molecule has 0 spiro atoms. The Morgan fingerprint density at radius 1 is 1.12 bits per heavy atom. The third kappa shape index (κ3) is 4.24. The summed E-state index contributed by atoms with van der Waals surface area (Å²) in [5.41, 5.74) is 1.39. The van der Waals surface area contributed by atoms with Crippen LogP contribution >= 0.6 is 0 Å². The number of benzene rings is 2. The second-order valence-corrected chi connectivity index (χ2v) is 5.61. The monoisotopic (exact) mass is 356 g/mol. The van der Waals surface area contributed by atoms with Crippen LogP contribution in [0.25, 0.3) is 11.5 Å². The van der Waals surface area contributed by atoms with Gasteiger partial charge in [0.25, 0.3) is 5.89 Å². The van der Waals surface area contributed by atoms with E-state index in [1.165, 1.54) is 24.3 Å². The zero-order valence-electron chi connectivity index (χ0n) is 14.3. The van der Waals surface area contributed by atoms with Crippen LogP contribution in [0.4, 0.5) is 4.39 Å². The zero-order valence-corrected chi connectivity index (χ0v) is 14.3. The maximum atomic E-state index is 13.0. The molecule has 0 radical (unpaired) electrons. The first kappa shape index (κ1) is 17.6. The van der Waals surface area contributed by atoms with Crippen LogP contribution in [0.15, 0.2) is 52.9 Å². The number of hydrogen-bond acceptors (Lipinski definition) is 6. The molecule has 6 nitrogen and oxygen atoms in total. The lowest BCUT2D eigenvalue weighted by atomic mass is 10.1. The summed E-state index contributed by atoms with van der Waals surface area (Å²) in [4.78, 5) is 12.1. The molecule has 0 aliphatic heterocycles. The third-order valence-electron chi connectivity index (χ3n) is 3.70. The van der Waals surface area contributed by atoms with Gasteiger partial charge in [-0.25, -0.2) is 4.39 Å². The summed E-state index contributed by atoms with van der Waals surface area (Å²) in [5.74, 6) is 0.360. The zero-order chi connectivity index (χ0) is 18.5. The smallest absolute Gasteiger partial charge is 0.311 e. The van der Waals surface area contributed by atoms with E-state index < -0.39 is 12.1 Å². The molecular formula is C19H17FN2O4. The van der Waals surface area contributed by atoms with E-state index in [1.807, 2.05) is 0 Å². The molecule has 0 bridgehead atoms. The first-order valence-electron chi connectivity index (χ1n) is 7.97. The van der Waals surface area contributed by atoms with Crippen molar-refractivity contribution >= 4 is 5.97 Å². The van der Waals surface area contributed by atoms with Gasteiger partial charge in [-0.2, -0.15) is 0 Å². The summed E-state index contributed by atoms with van der Waals surface area (Å²) < 4.78 is 28.9. The minimum absolute atomic E-state index is 0.118. The van der Waals surface area contributed by atoms with Gasteiger partial charge < -0.3 is 13.9 Å². The molecule has 0 saturated carbocycles. The largest absolute Gasteiger partial charge is 0.497 e. The fourth-order valence-electron chi connectivity index (χ4n) is 2.31. The summed E-state index contributed by atoms with van der Waals surface area (Å²) in [6.07, 6.45) is -0.574. The van der Waals surface area contributed by atoms with Crippen molar-refractivity contribution in [2.45, 2.75) is 19.4 Å². The third-order valence-corrected chi connectivity index (χ3v) is 3.70. The normalized spacial score (nSPS) is 11.8. The highest BCUT2D eigenvalue weighted by Gasteiger charge is 2.19. The Labute approximate surface area is 149 Å². The number of nitrogens with zero attached hydrogens (tertiary/aromatic N) is 2. The molecule has 3 rings (SSSR count). The van der Waals surface area contributed by atoms with E-state index in [0.717, 1.165) is 11.3 Å². The van der Waals surface area contributed by atoms with E-state index in [4.69, 9.17) is 13.9 Å². The van der Waals surface area contributed by atoms with Crippen LogP contribution < -0.4 is 4.74 Å². The molecule has 0 fully saturated rings. The molecule has 7 heteroatoms. The Kier molecular flexibility index (Phi) is 5.26. The van der Waals surface area contributed by atoms with Gasteiger partial charge in [-0.05, 0) is 48.9 Å². The Bertz CT molecular complexity index is 875. The second kappa shape index (κ2) is 7.77. The number of halogens is 1. The van der Waals surface area contributed by atoms with Gasteiger partial charge in [-0.15, -0.1) is 10.2 Å². The summed E-state index contributed by atoms with van der Waals surface area (Å²) in [6.45, 7) is 1.65. The number of carbonyl (C=O) groups is 1. The van der Waals surface area contributed by atoms with E-state index in [1.54, 1.807) is 38.3 Å². The number of hydrogen-bond donors (Lipinski definition) is 0. The topological polar surface area (TPSA) is 74.5 Å². The van der Waals surface area contributed by atoms with E-state index in [0.29, 0.717) is 5.56 Å². The molecule has 0 amide bonds. The van der Waals surface area contributed by atoms with Gasteiger partial charge >= 0.3 is 5.97 Å². The van der Waals surface area contributed by atoms with Crippen LogP contribution in [0.3, 0.4) is 0 Å². The standard InChI is InChI=1S/C19H17FN2O4/c1-12(25-17(23)11-13-3-9-16(24-2)10-4-13)18-21-22-19(26-18)14-5-7-15(20)8-6-14/h3-10,12H,11H2,1-2H3/t12-/m0/s1. The highest BCUT2D eigenvalue weighted by Crippen LogP contribution is 2.23. The van der Waals surface area contributed by atoms with E-state index in [-0.39, 0.29) is 24.0 Å². The van der Waals surface area contributed by atoms with Gasteiger partial charge in [0.15, 0.2) is 6.10 Å². The lowest BCUT2D eigenvalue weighted by Gasteiger charge is -2.09. The SMILES string of the molecule is COc1ccc(CC(=O)O[C@@H](C)c2nnc(-c3ccc(F)cc3)o2)cc1. The van der Waals surface area contributed by atoms with Gasteiger partial charge in [0.2, 0.25) is 5.89 Å². The average Bonchev–Trinajstić information content (AvgIpc) is 3.13. The molecule has 2 aromatic carbocycles. The lowest BCUT2D eigenvalue weighted by Crippen LogP contribution is -2.11. The minimum atomic E-state index is -0.692. The first-order valence-corrected chi connectivity index (χ1v) is 7.97. The molecule has 1 atom stereocenters. The van der Waals surface area contributed by atoms with Gasteiger partial charge in [0, 0.05) is 5.56 Å². The van der Waals surface area contributed by atoms with E-state index in [2.05, 4.69) is 10.2 Å². The van der Waals surface area contributed by atoms with Gasteiger partial charge in [0.1, 0.15) is 11.6 Å². The van der Waals surface area contributed by atoms with Crippen molar-refractivity contribution in [1.82, 2.24) is 10.2 Å². The number of aromatic nitrogens is 2. The fraction of sp³-hybridized carbons (Fsp3) is 0.211. The van der Waals surface area contributed by atoms with Crippen LogP contribution in [0.5, 0.6) is 5.75 Å². The highest BCUT2D eigenvalue weighted by atomic mass is 19.1. The molecule has 0 aliphatic carbocycles. The van der Waals surface area contributed by atoms with Crippen molar-refractivity contribution in [1.29, 1.82) is 0 Å². The Balaban J connectivity index is 1.61. The Morgan fingerprint density at radius 3 is 2.46 bits per heavy atom. The van der Waals surface area contributed by atoms with E-state index in [9.17, 15) is 9.18 Å². The second-order valence-electron chi connectivity index (χ2n) is 5.61. The van der Waals surface area contributed by atoms with Crippen molar-refractivity contribution in [3.63, 3.8) is 0 Å². The maximum Gasteiger partial charge on any atom is 0.311 e. The number of methoxy groups -OCH3 is 1. The van der Waals surface area contributed by atoms with Crippen molar-refractivity contribution in [2.24, 2.45) is 0 Å². The van der Waals surface area contributed by atoms with Crippen molar-refractivity contribution in [3.8, 4) is 17.2 Å². The predicted molar refractivity (Wildman–Crippen MR) is 90.9 cm³/mol. The van der Waals surface area contributed by atoms with Crippen LogP contribution in [0.2, 0.25) is 0 Å². The molecular weight excluding hydrogens is 339 g/mol. The molecule has 1 aromatic heterocycles. The van der Waals surface area contributed by atoms with Gasteiger partial charge in [-0.1, -0.05) is 12.1 Å². The summed E-state index contributed by atoms with van der Waals surface area (Å²) >= 11 is 0. The van der Waals surface area contributed by atoms with Crippen LogP contribution in [-0.4, -0.2) is 23.3 Å². The molecule has 0 N–H and O–H groups in total. The molecule has 0 aliphatic rings. The summed E-state index contributed by atoms with van der Waals surface area (Å²) in [7, 11) is 1.58. The van der Waals surface area contributed by atoms with Crippen molar-refractivity contribution in [3.05, 3.63) is 65.8 Å². The fourth-order valence-corrected chi connectivity index (χ4v) is 2.31. The molecule has 0 saturated heterocycles. The van der Waals surface area contributed by atoms with Gasteiger partial charge in [-0.3, -0.25) is 4.79 Å². The molecule has 1 heterocycles. The minimum Gasteiger partial charge on any atom is -0.497 e. The predicted octanol–water partition coefficient (Wildman–Crippen LogP) is 3.73. The number of rotatable bonds is 6. The average molecular weight is 356 g/mol. The first-order chi connectivity index (χ1) is 12.5. The Morgan fingerprint density at radius 2 is 1.81 bits per heavy atom. The van der Waals surface area contributed by atoms with Crippen molar-refractivity contribution in [2.75, 3.05) is 7.11 Å². The van der Waals surface area contributed by atoms with Crippen LogP contribution in [0, 0.1) is 5.82 Å². The number of esters is 1. The molecule has 26 heavy (non-hydrogen) atoms. The van der Waals surface area contributed by atoms with Crippen LogP contribution in [-0.2, 0) is 16.0 Å². The number of ether oxygens (including phenoxy) is 2. The molecule has 0 unspecified atom stereocenters. The Hall–Kier alpha value is -3.22. The molecule has 3 aromatic rings.